The third-order valence-electron chi connectivity index (χ3n) is 6.20. The van der Waals surface area contributed by atoms with Crippen LogP contribution >= 0.6 is 11.8 Å². The Morgan fingerprint density at radius 2 is 1.69 bits per heavy atom. The Bertz CT molecular complexity index is 1020. The maximum Gasteiger partial charge on any atom is 0.243 e. The Hall–Kier alpha value is -1.91. The van der Waals surface area contributed by atoms with Crippen molar-refractivity contribution >= 4 is 33.4 Å². The number of anilines is 1. The quantitative estimate of drug-likeness (QED) is 0.606. The van der Waals surface area contributed by atoms with E-state index in [1.807, 2.05) is 6.92 Å². The third kappa shape index (κ3) is 5.35. The number of piperidine rings is 1. The van der Waals surface area contributed by atoms with E-state index in [0.717, 1.165) is 43.1 Å². The molecule has 0 spiro atoms. The van der Waals surface area contributed by atoms with Gasteiger partial charge in [-0.2, -0.15) is 4.31 Å². The van der Waals surface area contributed by atoms with Gasteiger partial charge in [0.05, 0.1) is 10.6 Å². The van der Waals surface area contributed by atoms with E-state index in [9.17, 15) is 13.2 Å². The molecule has 1 N–H and O–H groups in total. The zero-order valence-corrected chi connectivity index (χ0v) is 20.1. The van der Waals surface area contributed by atoms with Crippen molar-refractivity contribution in [1.29, 1.82) is 0 Å². The highest BCUT2D eigenvalue weighted by atomic mass is 32.2. The van der Waals surface area contributed by atoms with Gasteiger partial charge in [-0.3, -0.25) is 4.79 Å². The molecule has 1 saturated heterocycles. The molecule has 1 aromatic heterocycles. The van der Waals surface area contributed by atoms with E-state index < -0.39 is 10.0 Å². The van der Waals surface area contributed by atoms with Crippen molar-refractivity contribution in [3.8, 4) is 0 Å². The maximum atomic E-state index is 12.8. The minimum absolute atomic E-state index is 0.155. The van der Waals surface area contributed by atoms with Crippen LogP contribution < -0.4 is 5.32 Å². The Labute approximate surface area is 194 Å². The molecule has 8 nitrogen and oxygen atoms in total. The lowest BCUT2D eigenvalue weighted by atomic mass is 9.95. The predicted octanol–water partition coefficient (Wildman–Crippen LogP) is 4.00. The number of benzene rings is 1. The number of carbonyl (C=O) groups excluding carboxylic acids is 1. The molecule has 2 aromatic rings. The van der Waals surface area contributed by atoms with Gasteiger partial charge >= 0.3 is 0 Å². The molecule has 32 heavy (non-hydrogen) atoms. The third-order valence-corrected chi connectivity index (χ3v) is 9.05. The Morgan fingerprint density at radius 1 is 1.03 bits per heavy atom. The lowest BCUT2D eigenvalue weighted by Crippen LogP contribution is -2.35. The molecular weight excluding hydrogens is 446 g/mol. The number of nitrogens with one attached hydrogen (secondary N) is 1. The largest absolute Gasteiger partial charge is 0.325 e. The molecule has 1 aliphatic heterocycles. The highest BCUT2D eigenvalue weighted by molar-refractivity contribution is 7.99. The predicted molar refractivity (Wildman–Crippen MR) is 125 cm³/mol. The molecule has 174 valence electrons. The summed E-state index contributed by atoms with van der Waals surface area (Å²) in [6.45, 7) is 3.11. The topological polar surface area (TPSA) is 97.2 Å². The summed E-state index contributed by atoms with van der Waals surface area (Å²) in [7, 11) is -3.47. The molecule has 1 aliphatic carbocycles. The number of amides is 1. The number of aryl methyl sites for hydroxylation is 1. The van der Waals surface area contributed by atoms with Gasteiger partial charge in [0, 0.05) is 24.8 Å². The van der Waals surface area contributed by atoms with Crippen molar-refractivity contribution < 1.29 is 13.2 Å². The van der Waals surface area contributed by atoms with Crippen LogP contribution in [0.15, 0.2) is 34.3 Å². The molecule has 0 atom stereocenters. The van der Waals surface area contributed by atoms with Crippen LogP contribution in [0.5, 0.6) is 0 Å². The molecule has 0 unspecified atom stereocenters. The van der Waals surface area contributed by atoms with Gasteiger partial charge in [-0.1, -0.05) is 37.4 Å². The van der Waals surface area contributed by atoms with E-state index in [1.165, 1.54) is 31.0 Å². The normalized spacial score (nSPS) is 18.5. The smallest absolute Gasteiger partial charge is 0.243 e. The van der Waals surface area contributed by atoms with Crippen LogP contribution in [-0.4, -0.2) is 52.2 Å². The van der Waals surface area contributed by atoms with Gasteiger partial charge in [0.2, 0.25) is 15.9 Å². The van der Waals surface area contributed by atoms with Crippen LogP contribution in [0.2, 0.25) is 0 Å². The molecule has 10 heteroatoms. The average Bonchev–Trinajstić information content (AvgIpc) is 3.19. The van der Waals surface area contributed by atoms with Crippen LogP contribution in [0.1, 0.15) is 63.2 Å². The second kappa shape index (κ2) is 10.4. The van der Waals surface area contributed by atoms with E-state index in [-0.39, 0.29) is 16.6 Å². The summed E-state index contributed by atoms with van der Waals surface area (Å²) in [5, 5.41) is 12.1. The number of nitrogens with zero attached hydrogens (tertiary/aromatic N) is 4. The van der Waals surface area contributed by atoms with E-state index in [2.05, 4.69) is 20.1 Å². The highest BCUT2D eigenvalue weighted by Crippen LogP contribution is 2.32. The van der Waals surface area contributed by atoms with Crippen LogP contribution in [-0.2, 0) is 14.8 Å². The Morgan fingerprint density at radius 3 is 2.38 bits per heavy atom. The maximum absolute atomic E-state index is 12.8. The second-order valence-electron chi connectivity index (χ2n) is 8.52. The zero-order valence-electron chi connectivity index (χ0n) is 18.5. The lowest BCUT2D eigenvalue weighted by Gasteiger charge is -2.25. The number of carbonyl (C=O) groups is 1. The van der Waals surface area contributed by atoms with Crippen LogP contribution in [0.4, 0.5) is 5.69 Å². The van der Waals surface area contributed by atoms with Crippen molar-refractivity contribution in [2.24, 2.45) is 0 Å². The molecule has 2 fully saturated rings. The summed E-state index contributed by atoms with van der Waals surface area (Å²) in [6, 6.07) is 6.84. The van der Waals surface area contributed by atoms with Crippen molar-refractivity contribution in [2.75, 3.05) is 24.2 Å². The zero-order chi connectivity index (χ0) is 22.6. The minimum Gasteiger partial charge on any atom is -0.325 e. The van der Waals surface area contributed by atoms with Crippen molar-refractivity contribution in [3.05, 3.63) is 30.1 Å². The molecule has 1 amide bonds. The standard InChI is InChI=1S/C22H31N5O3S2/c1-17-24-25-22(27(17)19-8-4-2-5-9-19)31-16-21(28)23-18-10-12-20(13-11-18)32(29,30)26-14-6-3-7-15-26/h10-13,19H,2-9,14-16H2,1H3,(H,23,28). The van der Waals surface area contributed by atoms with Gasteiger partial charge in [0.15, 0.2) is 5.16 Å². The van der Waals surface area contributed by atoms with Gasteiger partial charge in [-0.25, -0.2) is 8.42 Å². The fourth-order valence-corrected chi connectivity index (χ4v) is 6.87. The number of thioether (sulfide) groups is 1. The van der Waals surface area contributed by atoms with Gasteiger partial charge in [0.25, 0.3) is 0 Å². The van der Waals surface area contributed by atoms with Crippen molar-refractivity contribution in [3.63, 3.8) is 0 Å². The monoisotopic (exact) mass is 477 g/mol. The number of rotatable bonds is 7. The Balaban J connectivity index is 1.34. The fourth-order valence-electron chi connectivity index (χ4n) is 4.50. The van der Waals surface area contributed by atoms with Crippen LogP contribution in [0.25, 0.3) is 0 Å². The summed E-state index contributed by atoms with van der Waals surface area (Å²) in [5.74, 6) is 0.960. The van der Waals surface area contributed by atoms with E-state index in [4.69, 9.17) is 0 Å². The average molecular weight is 478 g/mol. The minimum atomic E-state index is -3.47. The summed E-state index contributed by atoms with van der Waals surface area (Å²) in [6.07, 6.45) is 8.85. The number of hydrogen-bond donors (Lipinski definition) is 1. The highest BCUT2D eigenvalue weighted by Gasteiger charge is 2.26. The first kappa shape index (κ1) is 23.3. The number of sulfonamides is 1. The molecule has 1 aromatic carbocycles. The van der Waals surface area contributed by atoms with Gasteiger partial charge in [-0.05, 0) is 56.9 Å². The summed E-state index contributed by atoms with van der Waals surface area (Å²) in [5.41, 5.74) is 0.582. The second-order valence-corrected chi connectivity index (χ2v) is 11.4. The van der Waals surface area contributed by atoms with Gasteiger partial charge in [-0.15, -0.1) is 10.2 Å². The summed E-state index contributed by atoms with van der Waals surface area (Å²) >= 11 is 1.39. The van der Waals surface area contributed by atoms with Gasteiger partial charge < -0.3 is 9.88 Å². The molecule has 1 saturated carbocycles. The molecular formula is C22H31N5O3S2. The van der Waals surface area contributed by atoms with Gasteiger partial charge in [0.1, 0.15) is 5.82 Å². The SMILES string of the molecule is Cc1nnc(SCC(=O)Nc2ccc(S(=O)(=O)N3CCCCC3)cc2)n1C1CCCCC1. The Kier molecular flexibility index (Phi) is 7.52. The molecule has 0 bridgehead atoms. The molecule has 2 aliphatic rings. The van der Waals surface area contributed by atoms with E-state index in [1.54, 1.807) is 28.6 Å². The van der Waals surface area contributed by atoms with Crippen molar-refractivity contribution in [1.82, 2.24) is 19.1 Å². The van der Waals surface area contributed by atoms with Crippen LogP contribution in [0.3, 0.4) is 0 Å². The first-order valence-corrected chi connectivity index (χ1v) is 13.8. The first-order chi connectivity index (χ1) is 15.4. The number of hydrogen-bond acceptors (Lipinski definition) is 6. The molecule has 4 rings (SSSR count). The van der Waals surface area contributed by atoms with E-state index >= 15 is 0 Å². The summed E-state index contributed by atoms with van der Waals surface area (Å²) in [4.78, 5) is 12.8. The lowest BCUT2D eigenvalue weighted by molar-refractivity contribution is -0.113. The molecule has 0 radical (unpaired) electrons. The summed E-state index contributed by atoms with van der Waals surface area (Å²) < 4.78 is 29.3. The van der Waals surface area contributed by atoms with Crippen molar-refractivity contribution in [2.45, 2.75) is 74.4 Å². The fraction of sp³-hybridized carbons (Fsp3) is 0.591. The first-order valence-electron chi connectivity index (χ1n) is 11.4. The van der Waals surface area contributed by atoms with Crippen LogP contribution in [0, 0.1) is 6.92 Å². The van der Waals surface area contributed by atoms with E-state index in [0.29, 0.717) is 24.8 Å². The number of aromatic nitrogens is 3. The molecule has 2 heterocycles.